The Bertz CT molecular complexity index is 814. The predicted molar refractivity (Wildman–Crippen MR) is 120 cm³/mol. The van der Waals surface area contributed by atoms with Crippen molar-refractivity contribution < 1.29 is 4.74 Å². The average molecular weight is 412 g/mol. The molecule has 0 N–H and O–H groups in total. The number of thiazole rings is 1. The lowest BCUT2D eigenvalue weighted by Gasteiger charge is -2.39. The van der Waals surface area contributed by atoms with Gasteiger partial charge >= 0.3 is 0 Å². The molecule has 4 nitrogen and oxygen atoms in total. The number of nitrogens with zero attached hydrogens (tertiary/aromatic N) is 3. The summed E-state index contributed by atoms with van der Waals surface area (Å²) in [5.74, 6) is 0.973. The van der Waals surface area contributed by atoms with E-state index in [1.807, 2.05) is 11.3 Å². The molecular formula is C24H33N3OS. The Morgan fingerprint density at radius 2 is 1.97 bits per heavy atom. The highest BCUT2D eigenvalue weighted by Gasteiger charge is 2.29. The molecule has 0 spiro atoms. The lowest BCUT2D eigenvalue weighted by molar-refractivity contribution is 0.114. The van der Waals surface area contributed by atoms with Gasteiger partial charge in [0.15, 0.2) is 0 Å². The van der Waals surface area contributed by atoms with E-state index in [2.05, 4.69) is 41.0 Å². The number of rotatable bonds is 7. The van der Waals surface area contributed by atoms with Crippen molar-refractivity contribution in [3.63, 3.8) is 0 Å². The molecule has 3 heterocycles. The van der Waals surface area contributed by atoms with Gasteiger partial charge < -0.3 is 9.64 Å². The van der Waals surface area contributed by atoms with Crippen LogP contribution in [0.4, 0.5) is 0 Å². The minimum absolute atomic E-state index is 0.749. The first-order valence-corrected chi connectivity index (χ1v) is 12.3. The van der Waals surface area contributed by atoms with Gasteiger partial charge in [-0.1, -0.05) is 6.42 Å². The van der Waals surface area contributed by atoms with E-state index >= 15 is 0 Å². The van der Waals surface area contributed by atoms with Crippen molar-refractivity contribution in [3.05, 3.63) is 34.8 Å². The van der Waals surface area contributed by atoms with Crippen molar-refractivity contribution in [2.24, 2.45) is 0 Å². The van der Waals surface area contributed by atoms with E-state index in [4.69, 9.17) is 9.72 Å². The van der Waals surface area contributed by atoms with Crippen LogP contribution in [-0.4, -0.2) is 53.1 Å². The third kappa shape index (κ3) is 4.37. The highest BCUT2D eigenvalue weighted by atomic mass is 32.1. The second-order valence-electron chi connectivity index (χ2n) is 8.95. The van der Waals surface area contributed by atoms with Gasteiger partial charge in [-0.05, 0) is 69.8 Å². The van der Waals surface area contributed by atoms with Crippen LogP contribution in [0.3, 0.4) is 0 Å². The summed E-state index contributed by atoms with van der Waals surface area (Å²) in [5, 5.41) is 1.17. The first-order valence-electron chi connectivity index (χ1n) is 11.5. The zero-order chi connectivity index (χ0) is 19.6. The normalized spacial score (nSPS) is 23.1. The van der Waals surface area contributed by atoms with Crippen LogP contribution in [0.2, 0.25) is 0 Å². The van der Waals surface area contributed by atoms with Crippen LogP contribution < -0.4 is 4.74 Å². The van der Waals surface area contributed by atoms with Crippen molar-refractivity contribution in [2.45, 2.75) is 70.5 Å². The Kier molecular flexibility index (Phi) is 5.89. The fourth-order valence-electron chi connectivity index (χ4n) is 4.88. The Morgan fingerprint density at radius 1 is 1.10 bits per heavy atom. The molecule has 0 bridgehead atoms. The van der Waals surface area contributed by atoms with Crippen LogP contribution in [0, 0.1) is 0 Å². The lowest BCUT2D eigenvalue weighted by Crippen LogP contribution is -2.42. The molecule has 3 aliphatic rings. The maximum absolute atomic E-state index is 5.98. The second kappa shape index (κ2) is 8.75. The van der Waals surface area contributed by atoms with Crippen LogP contribution in [0.5, 0.6) is 5.75 Å². The molecule has 0 radical (unpaired) electrons. The third-order valence-electron chi connectivity index (χ3n) is 7.00. The van der Waals surface area contributed by atoms with Crippen molar-refractivity contribution in [2.75, 3.05) is 26.2 Å². The molecule has 29 heavy (non-hydrogen) atoms. The van der Waals surface area contributed by atoms with Crippen LogP contribution in [0.15, 0.2) is 24.3 Å². The molecule has 2 aromatic rings. The highest BCUT2D eigenvalue weighted by molar-refractivity contribution is 7.15. The minimum Gasteiger partial charge on any atom is -0.494 e. The van der Waals surface area contributed by atoms with Gasteiger partial charge in [0.05, 0.1) is 12.3 Å². The molecule has 1 aliphatic carbocycles. The Balaban J connectivity index is 1.14. The van der Waals surface area contributed by atoms with Gasteiger partial charge in [-0.25, -0.2) is 4.98 Å². The summed E-state index contributed by atoms with van der Waals surface area (Å²) < 4.78 is 5.98. The van der Waals surface area contributed by atoms with E-state index in [0.29, 0.717) is 0 Å². The monoisotopic (exact) mass is 411 g/mol. The topological polar surface area (TPSA) is 28.6 Å². The Morgan fingerprint density at radius 3 is 2.69 bits per heavy atom. The molecule has 5 rings (SSSR count). The molecule has 2 fully saturated rings. The van der Waals surface area contributed by atoms with Crippen LogP contribution in [0.25, 0.3) is 10.6 Å². The largest absolute Gasteiger partial charge is 0.494 e. The number of likely N-dealkylation sites (tertiary alicyclic amines) is 1. The zero-order valence-electron chi connectivity index (χ0n) is 17.6. The highest BCUT2D eigenvalue weighted by Crippen LogP contribution is 2.35. The first kappa shape index (κ1) is 19.5. The molecule has 1 saturated heterocycles. The molecule has 1 unspecified atom stereocenters. The maximum atomic E-state index is 5.98. The van der Waals surface area contributed by atoms with E-state index in [-0.39, 0.29) is 0 Å². The summed E-state index contributed by atoms with van der Waals surface area (Å²) in [5.41, 5.74) is 2.55. The van der Waals surface area contributed by atoms with Crippen LogP contribution in [-0.2, 0) is 13.0 Å². The molecule has 5 heteroatoms. The smallest absolute Gasteiger partial charge is 0.123 e. The number of ether oxygens (including phenoxy) is 1. The fourth-order valence-corrected chi connectivity index (χ4v) is 6.02. The van der Waals surface area contributed by atoms with E-state index in [1.165, 1.54) is 66.3 Å². The number of fused-ring (bicyclic) bond motifs is 1. The van der Waals surface area contributed by atoms with E-state index in [0.717, 1.165) is 50.4 Å². The zero-order valence-corrected chi connectivity index (χ0v) is 18.4. The standard InChI is InChI=1S/C24H33N3OS/c1-18-5-3-13-26(18)14-4-16-28-21-10-8-19(9-11-21)24-25-22-12-15-27(17-23(22)29-24)20-6-2-7-20/h8-11,18,20H,2-7,12-17H2,1H3. The van der Waals surface area contributed by atoms with E-state index in [9.17, 15) is 0 Å². The summed E-state index contributed by atoms with van der Waals surface area (Å²) in [4.78, 5) is 11.7. The molecule has 1 aromatic heterocycles. The molecule has 156 valence electrons. The summed E-state index contributed by atoms with van der Waals surface area (Å²) in [7, 11) is 0. The molecule has 1 atom stereocenters. The number of hydrogen-bond donors (Lipinski definition) is 0. The quantitative estimate of drug-likeness (QED) is 0.601. The summed E-state index contributed by atoms with van der Waals surface area (Å²) in [6.07, 6.45) is 9.10. The van der Waals surface area contributed by atoms with Gasteiger partial charge in [0.2, 0.25) is 0 Å². The van der Waals surface area contributed by atoms with Gasteiger partial charge in [-0.3, -0.25) is 4.90 Å². The molecular weight excluding hydrogens is 378 g/mol. The van der Waals surface area contributed by atoms with Crippen LogP contribution >= 0.6 is 11.3 Å². The van der Waals surface area contributed by atoms with E-state index in [1.54, 1.807) is 0 Å². The van der Waals surface area contributed by atoms with Crippen molar-refractivity contribution in [1.29, 1.82) is 0 Å². The van der Waals surface area contributed by atoms with E-state index < -0.39 is 0 Å². The van der Waals surface area contributed by atoms with Gasteiger partial charge in [-0.2, -0.15) is 0 Å². The van der Waals surface area contributed by atoms with Gasteiger partial charge in [0.25, 0.3) is 0 Å². The maximum Gasteiger partial charge on any atom is 0.123 e. The third-order valence-corrected chi connectivity index (χ3v) is 8.13. The average Bonchev–Trinajstić information content (AvgIpc) is 3.30. The first-order chi connectivity index (χ1) is 14.3. The molecule has 1 saturated carbocycles. The molecule has 0 amide bonds. The number of hydrogen-bond acceptors (Lipinski definition) is 5. The molecule has 2 aliphatic heterocycles. The van der Waals surface area contributed by atoms with Crippen LogP contribution in [0.1, 0.15) is 56.0 Å². The van der Waals surface area contributed by atoms with Crippen molar-refractivity contribution in [3.8, 4) is 16.3 Å². The molecule has 1 aromatic carbocycles. The number of benzene rings is 1. The Labute approximate surface area is 178 Å². The van der Waals surface area contributed by atoms with Gasteiger partial charge in [-0.15, -0.1) is 11.3 Å². The predicted octanol–water partition coefficient (Wildman–Crippen LogP) is 4.97. The Hall–Kier alpha value is -1.43. The summed E-state index contributed by atoms with van der Waals surface area (Å²) in [6, 6.07) is 10.1. The lowest BCUT2D eigenvalue weighted by atomic mass is 9.90. The van der Waals surface area contributed by atoms with Gasteiger partial charge in [0.1, 0.15) is 10.8 Å². The summed E-state index contributed by atoms with van der Waals surface area (Å²) in [6.45, 7) is 7.84. The van der Waals surface area contributed by atoms with Crippen molar-refractivity contribution in [1.82, 2.24) is 14.8 Å². The minimum atomic E-state index is 0.749. The second-order valence-corrected chi connectivity index (χ2v) is 10.0. The van der Waals surface area contributed by atoms with Gasteiger partial charge in [0, 0.05) is 48.6 Å². The SMILES string of the molecule is CC1CCCN1CCCOc1ccc(-c2nc3c(s2)CN(C2CCC2)CC3)cc1. The number of aromatic nitrogens is 1. The van der Waals surface area contributed by atoms with Crippen molar-refractivity contribution >= 4 is 11.3 Å². The summed E-state index contributed by atoms with van der Waals surface area (Å²) >= 11 is 1.89. The fraction of sp³-hybridized carbons (Fsp3) is 0.625.